The number of hydrogen-bond acceptors (Lipinski definition) is 3. The number of halogens is 2. The summed E-state index contributed by atoms with van der Waals surface area (Å²) in [6.07, 6.45) is 0.944. The zero-order valence-corrected chi connectivity index (χ0v) is 7.56. The van der Waals surface area contributed by atoms with Crippen molar-refractivity contribution in [2.24, 2.45) is 0 Å². The lowest BCUT2D eigenvalue weighted by Gasteiger charge is -1.92. The second kappa shape index (κ2) is 2.86. The molecule has 11 heavy (non-hydrogen) atoms. The van der Waals surface area contributed by atoms with Gasteiger partial charge >= 0.3 is 10.2 Å². The maximum atomic E-state index is 12.2. The predicted molar refractivity (Wildman–Crippen MR) is 40.2 cm³/mol. The summed E-state index contributed by atoms with van der Waals surface area (Å²) < 4.78 is 33.1. The van der Waals surface area contributed by atoms with Gasteiger partial charge in [0.25, 0.3) is 0 Å². The van der Waals surface area contributed by atoms with Gasteiger partial charge < -0.3 is 0 Å². The Bertz CT molecular complexity index is 347. The van der Waals surface area contributed by atoms with Crippen molar-refractivity contribution in [1.82, 2.24) is 4.98 Å². The van der Waals surface area contributed by atoms with Crippen molar-refractivity contribution in [2.45, 2.75) is 4.90 Å². The van der Waals surface area contributed by atoms with E-state index in [2.05, 4.69) is 20.9 Å². The minimum atomic E-state index is -4.60. The van der Waals surface area contributed by atoms with Crippen LogP contribution in [-0.4, -0.2) is 13.4 Å². The average molecular weight is 240 g/mol. The third kappa shape index (κ3) is 2.23. The first-order chi connectivity index (χ1) is 5.00. The van der Waals surface area contributed by atoms with Crippen molar-refractivity contribution >= 4 is 26.2 Å². The summed E-state index contributed by atoms with van der Waals surface area (Å²) in [6.45, 7) is 0. The van der Waals surface area contributed by atoms with Gasteiger partial charge in [0.05, 0.1) is 0 Å². The van der Waals surface area contributed by atoms with Crippen LogP contribution < -0.4 is 0 Å². The van der Waals surface area contributed by atoms with E-state index in [1.807, 2.05) is 0 Å². The van der Waals surface area contributed by atoms with E-state index in [1.165, 1.54) is 6.07 Å². The monoisotopic (exact) mass is 239 g/mol. The third-order valence-electron chi connectivity index (χ3n) is 0.982. The summed E-state index contributed by atoms with van der Waals surface area (Å²) in [7, 11) is -4.60. The van der Waals surface area contributed by atoms with Gasteiger partial charge in [-0.25, -0.2) is 4.98 Å². The van der Waals surface area contributed by atoms with Crippen molar-refractivity contribution in [3.05, 3.63) is 22.9 Å². The molecule has 0 radical (unpaired) electrons. The van der Waals surface area contributed by atoms with Crippen molar-refractivity contribution in [3.63, 3.8) is 0 Å². The van der Waals surface area contributed by atoms with E-state index < -0.39 is 15.1 Å². The zero-order valence-electron chi connectivity index (χ0n) is 5.16. The predicted octanol–water partition coefficient (Wildman–Crippen LogP) is 1.50. The minimum absolute atomic E-state index is 0.430. The van der Waals surface area contributed by atoms with E-state index in [1.54, 1.807) is 0 Å². The van der Waals surface area contributed by atoms with Crippen LogP contribution in [0, 0.1) is 0 Å². The van der Waals surface area contributed by atoms with Gasteiger partial charge in [0, 0.05) is 6.20 Å². The Morgan fingerprint density at radius 1 is 1.45 bits per heavy atom. The maximum Gasteiger partial charge on any atom is 0.333 e. The van der Waals surface area contributed by atoms with Crippen LogP contribution in [0.3, 0.4) is 0 Å². The van der Waals surface area contributed by atoms with Crippen molar-refractivity contribution in [3.8, 4) is 0 Å². The molecule has 0 aromatic carbocycles. The lowest BCUT2D eigenvalue weighted by atomic mass is 10.5. The topological polar surface area (TPSA) is 47.0 Å². The van der Waals surface area contributed by atoms with Crippen LogP contribution in [0.1, 0.15) is 0 Å². The van der Waals surface area contributed by atoms with E-state index in [-0.39, 0.29) is 0 Å². The Morgan fingerprint density at radius 3 is 2.45 bits per heavy atom. The molecule has 0 saturated heterocycles. The lowest BCUT2D eigenvalue weighted by molar-refractivity contribution is 0.551. The first kappa shape index (κ1) is 8.61. The summed E-state index contributed by atoms with van der Waals surface area (Å²) in [5, 5.41) is 0. The Kier molecular flexibility index (Phi) is 2.24. The minimum Gasteiger partial charge on any atom is -0.248 e. The van der Waals surface area contributed by atoms with Gasteiger partial charge in [-0.3, -0.25) is 0 Å². The molecule has 1 aromatic heterocycles. The number of rotatable bonds is 1. The van der Waals surface area contributed by atoms with Crippen molar-refractivity contribution < 1.29 is 12.3 Å². The highest BCUT2D eigenvalue weighted by atomic mass is 79.9. The van der Waals surface area contributed by atoms with E-state index in [0.29, 0.717) is 4.60 Å². The molecule has 1 rings (SSSR count). The Morgan fingerprint density at radius 2 is 2.09 bits per heavy atom. The lowest BCUT2D eigenvalue weighted by Crippen LogP contribution is -1.91. The van der Waals surface area contributed by atoms with E-state index in [4.69, 9.17) is 0 Å². The number of nitrogens with zero attached hydrogens (tertiary/aromatic N) is 1. The Labute approximate surface area is 71.6 Å². The van der Waals surface area contributed by atoms with Crippen LogP contribution in [-0.2, 0) is 10.2 Å². The second-order valence-electron chi connectivity index (χ2n) is 1.75. The molecule has 0 unspecified atom stereocenters. The fourth-order valence-electron chi connectivity index (χ4n) is 0.506. The van der Waals surface area contributed by atoms with E-state index >= 15 is 0 Å². The summed E-state index contributed by atoms with van der Waals surface area (Å²) in [5.41, 5.74) is 0. The highest BCUT2D eigenvalue weighted by Crippen LogP contribution is 2.12. The van der Waals surface area contributed by atoms with Crippen LogP contribution in [0.4, 0.5) is 3.89 Å². The molecule has 0 N–H and O–H groups in total. The molecule has 0 aliphatic heterocycles. The fourth-order valence-corrected chi connectivity index (χ4v) is 1.15. The quantitative estimate of drug-likeness (QED) is 0.552. The average Bonchev–Trinajstić information content (AvgIpc) is 1.86. The third-order valence-corrected chi connectivity index (χ3v) is 2.26. The molecule has 0 amide bonds. The molecule has 0 aliphatic carbocycles. The molecule has 3 nitrogen and oxygen atoms in total. The molecule has 1 heterocycles. The van der Waals surface area contributed by atoms with Gasteiger partial charge in [-0.05, 0) is 28.1 Å². The van der Waals surface area contributed by atoms with Crippen molar-refractivity contribution in [1.29, 1.82) is 0 Å². The standard InChI is InChI=1S/C5H3BrFNO2S/c6-5-2-1-4(3-8-5)11(7,9)10/h1-3H. The maximum absolute atomic E-state index is 12.2. The number of hydrogen-bond donors (Lipinski definition) is 0. The fraction of sp³-hybridized carbons (Fsp3) is 0. The Balaban J connectivity index is 3.20. The SMILES string of the molecule is O=S(=O)(F)c1ccc(Br)nc1. The number of pyridine rings is 1. The molecule has 60 valence electrons. The van der Waals surface area contributed by atoms with Gasteiger partial charge in [-0.15, -0.1) is 3.89 Å². The summed E-state index contributed by atoms with van der Waals surface area (Å²) >= 11 is 2.98. The van der Waals surface area contributed by atoms with E-state index in [9.17, 15) is 12.3 Å². The number of aromatic nitrogens is 1. The molecule has 0 aliphatic rings. The van der Waals surface area contributed by atoms with Crippen LogP contribution in [0.25, 0.3) is 0 Å². The second-order valence-corrected chi connectivity index (χ2v) is 3.91. The van der Waals surface area contributed by atoms with Gasteiger partial charge in [0.15, 0.2) is 0 Å². The van der Waals surface area contributed by atoms with Gasteiger partial charge in [-0.2, -0.15) is 8.42 Å². The molecule has 0 fully saturated rings. The van der Waals surface area contributed by atoms with Crippen LogP contribution in [0.2, 0.25) is 0 Å². The molecule has 0 spiro atoms. The summed E-state index contributed by atoms with van der Waals surface area (Å²) in [6, 6.07) is 2.48. The largest absolute Gasteiger partial charge is 0.333 e. The highest BCUT2D eigenvalue weighted by molar-refractivity contribution is 9.10. The van der Waals surface area contributed by atoms with Gasteiger partial charge in [-0.1, -0.05) is 0 Å². The van der Waals surface area contributed by atoms with Gasteiger partial charge in [0.2, 0.25) is 0 Å². The molecule has 0 saturated carbocycles. The molecular weight excluding hydrogens is 237 g/mol. The highest BCUT2D eigenvalue weighted by Gasteiger charge is 2.10. The summed E-state index contributed by atoms with van der Waals surface area (Å²) in [5.74, 6) is 0. The first-order valence-electron chi connectivity index (χ1n) is 2.56. The smallest absolute Gasteiger partial charge is 0.248 e. The van der Waals surface area contributed by atoms with Crippen LogP contribution >= 0.6 is 15.9 Å². The zero-order chi connectivity index (χ0) is 8.48. The Hall–Kier alpha value is -0.490. The van der Waals surface area contributed by atoms with Crippen LogP contribution in [0.5, 0.6) is 0 Å². The van der Waals surface area contributed by atoms with Crippen molar-refractivity contribution in [2.75, 3.05) is 0 Å². The molecule has 6 heteroatoms. The summed E-state index contributed by atoms with van der Waals surface area (Å²) in [4.78, 5) is 3.11. The molecule has 1 aromatic rings. The molecule has 0 bridgehead atoms. The van der Waals surface area contributed by atoms with Gasteiger partial charge in [0.1, 0.15) is 9.50 Å². The normalized spacial score (nSPS) is 11.5. The van der Waals surface area contributed by atoms with E-state index in [0.717, 1.165) is 12.3 Å². The first-order valence-corrected chi connectivity index (χ1v) is 4.74. The molecular formula is C5H3BrFNO2S. The molecule has 0 atom stereocenters. The van der Waals surface area contributed by atoms with Crippen LogP contribution in [0.15, 0.2) is 27.8 Å².